The molecule has 2 aromatic heterocycles. The van der Waals surface area contributed by atoms with E-state index in [1.54, 1.807) is 12.4 Å². The van der Waals surface area contributed by atoms with Gasteiger partial charge in [-0.2, -0.15) is 0 Å². The smallest absolute Gasteiger partial charge is 0.253 e. The fraction of sp³-hybridized carbons (Fsp3) is 0.167. The minimum Gasteiger partial charge on any atom is -0.311 e. The maximum absolute atomic E-state index is 11.4. The van der Waals surface area contributed by atoms with Crippen LogP contribution in [0.2, 0.25) is 0 Å². The number of hydrogen-bond donors (Lipinski definition) is 2. The van der Waals surface area contributed by atoms with Crippen molar-refractivity contribution in [1.29, 1.82) is 0 Å². The molecule has 0 aliphatic heterocycles. The highest BCUT2D eigenvalue weighted by atomic mass is 32.2. The van der Waals surface area contributed by atoms with Crippen LogP contribution in [0.5, 0.6) is 0 Å². The van der Waals surface area contributed by atoms with E-state index in [1.165, 1.54) is 24.8 Å². The van der Waals surface area contributed by atoms with E-state index in [0.717, 1.165) is 5.56 Å². The SMILES string of the molecule is CC(=O)Nc1cc(=O)[nH]c(SCc2cccnc2)n1. The first-order valence-corrected chi connectivity index (χ1v) is 6.53. The summed E-state index contributed by atoms with van der Waals surface area (Å²) < 4.78 is 0. The summed E-state index contributed by atoms with van der Waals surface area (Å²) in [5.74, 6) is 0.631. The molecule has 1 amide bonds. The van der Waals surface area contributed by atoms with Gasteiger partial charge in [0, 0.05) is 31.1 Å². The van der Waals surface area contributed by atoms with Crippen molar-refractivity contribution in [3.8, 4) is 0 Å². The molecule has 0 fully saturated rings. The van der Waals surface area contributed by atoms with E-state index in [9.17, 15) is 9.59 Å². The molecule has 0 saturated heterocycles. The molecule has 7 heteroatoms. The lowest BCUT2D eigenvalue weighted by Crippen LogP contribution is -2.14. The predicted octanol–water partition coefficient (Wildman–Crippen LogP) is 1.42. The number of rotatable bonds is 4. The van der Waals surface area contributed by atoms with Crippen LogP contribution < -0.4 is 10.9 Å². The summed E-state index contributed by atoms with van der Waals surface area (Å²) in [7, 11) is 0. The molecule has 0 saturated carbocycles. The number of hydrogen-bond acceptors (Lipinski definition) is 5. The molecule has 0 radical (unpaired) electrons. The van der Waals surface area contributed by atoms with Crippen LogP contribution in [-0.4, -0.2) is 20.9 Å². The molecule has 0 aliphatic rings. The summed E-state index contributed by atoms with van der Waals surface area (Å²) in [6.07, 6.45) is 3.45. The molecule has 2 rings (SSSR count). The summed E-state index contributed by atoms with van der Waals surface area (Å²) in [6, 6.07) is 5.03. The summed E-state index contributed by atoms with van der Waals surface area (Å²) in [4.78, 5) is 33.1. The van der Waals surface area contributed by atoms with Crippen LogP contribution >= 0.6 is 11.8 Å². The number of H-pyrrole nitrogens is 1. The van der Waals surface area contributed by atoms with Gasteiger partial charge in [0.2, 0.25) is 5.91 Å². The Morgan fingerprint density at radius 2 is 2.37 bits per heavy atom. The first-order chi connectivity index (χ1) is 9.13. The minimum atomic E-state index is -0.299. The molecule has 6 nitrogen and oxygen atoms in total. The Kier molecular flexibility index (Phi) is 4.30. The number of pyridine rings is 1. The number of anilines is 1. The van der Waals surface area contributed by atoms with E-state index in [-0.39, 0.29) is 17.3 Å². The highest BCUT2D eigenvalue weighted by Crippen LogP contribution is 2.18. The number of carbonyl (C=O) groups excluding carboxylic acids is 1. The van der Waals surface area contributed by atoms with Crippen LogP contribution in [0.1, 0.15) is 12.5 Å². The van der Waals surface area contributed by atoms with E-state index in [0.29, 0.717) is 10.9 Å². The molecule has 0 atom stereocenters. The normalized spacial score (nSPS) is 10.2. The van der Waals surface area contributed by atoms with Crippen molar-refractivity contribution in [2.75, 3.05) is 5.32 Å². The molecule has 0 spiro atoms. The number of aromatic amines is 1. The lowest BCUT2D eigenvalue weighted by molar-refractivity contribution is -0.114. The van der Waals surface area contributed by atoms with Gasteiger partial charge in [0.05, 0.1) is 0 Å². The van der Waals surface area contributed by atoms with Crippen molar-refractivity contribution in [2.24, 2.45) is 0 Å². The highest BCUT2D eigenvalue weighted by Gasteiger charge is 2.04. The number of nitrogens with zero attached hydrogens (tertiary/aromatic N) is 2. The van der Waals surface area contributed by atoms with Gasteiger partial charge in [0.15, 0.2) is 5.16 Å². The predicted molar refractivity (Wildman–Crippen MR) is 73.0 cm³/mol. The molecule has 2 aromatic rings. The molecule has 19 heavy (non-hydrogen) atoms. The van der Waals surface area contributed by atoms with E-state index in [1.807, 2.05) is 12.1 Å². The number of thioether (sulfide) groups is 1. The van der Waals surface area contributed by atoms with Crippen molar-refractivity contribution >= 4 is 23.5 Å². The van der Waals surface area contributed by atoms with Crippen LogP contribution in [0.15, 0.2) is 40.5 Å². The number of aromatic nitrogens is 3. The first-order valence-electron chi connectivity index (χ1n) is 5.54. The summed E-state index contributed by atoms with van der Waals surface area (Å²) >= 11 is 1.37. The van der Waals surface area contributed by atoms with Crippen molar-refractivity contribution in [3.05, 3.63) is 46.5 Å². The Morgan fingerprint density at radius 3 is 3.05 bits per heavy atom. The van der Waals surface area contributed by atoms with Crippen molar-refractivity contribution in [1.82, 2.24) is 15.0 Å². The second-order valence-corrected chi connectivity index (χ2v) is 4.73. The zero-order chi connectivity index (χ0) is 13.7. The van der Waals surface area contributed by atoms with Crippen LogP contribution in [0, 0.1) is 0 Å². The van der Waals surface area contributed by atoms with Crippen LogP contribution in [0.4, 0.5) is 5.82 Å². The third kappa shape index (κ3) is 4.22. The number of carbonyl (C=O) groups is 1. The van der Waals surface area contributed by atoms with Crippen LogP contribution in [0.3, 0.4) is 0 Å². The standard InChI is InChI=1S/C12H12N4O2S/c1-8(17)14-10-5-11(18)16-12(15-10)19-7-9-3-2-4-13-6-9/h2-6H,7H2,1H3,(H2,14,15,16,17,18). The Labute approximate surface area is 113 Å². The van der Waals surface area contributed by atoms with E-state index in [2.05, 4.69) is 20.3 Å². The topological polar surface area (TPSA) is 87.7 Å². The van der Waals surface area contributed by atoms with Gasteiger partial charge in [0.1, 0.15) is 5.82 Å². The summed E-state index contributed by atoms with van der Waals surface area (Å²) in [6.45, 7) is 1.37. The van der Waals surface area contributed by atoms with Gasteiger partial charge < -0.3 is 10.3 Å². The molecule has 0 unspecified atom stereocenters. The average Bonchev–Trinajstić information content (AvgIpc) is 2.36. The molecular weight excluding hydrogens is 264 g/mol. The van der Waals surface area contributed by atoms with Gasteiger partial charge in [-0.3, -0.25) is 14.6 Å². The average molecular weight is 276 g/mol. The largest absolute Gasteiger partial charge is 0.311 e. The maximum atomic E-state index is 11.4. The van der Waals surface area contributed by atoms with Gasteiger partial charge in [-0.1, -0.05) is 17.8 Å². The summed E-state index contributed by atoms with van der Waals surface area (Å²) in [5.41, 5.74) is 0.729. The van der Waals surface area contributed by atoms with E-state index >= 15 is 0 Å². The van der Waals surface area contributed by atoms with Gasteiger partial charge >= 0.3 is 0 Å². The van der Waals surface area contributed by atoms with E-state index < -0.39 is 0 Å². The first kappa shape index (κ1) is 13.3. The number of amides is 1. The van der Waals surface area contributed by atoms with Gasteiger partial charge in [-0.05, 0) is 11.6 Å². The van der Waals surface area contributed by atoms with Crippen molar-refractivity contribution in [3.63, 3.8) is 0 Å². The Balaban J connectivity index is 2.10. The zero-order valence-electron chi connectivity index (χ0n) is 10.2. The molecule has 0 bridgehead atoms. The quantitative estimate of drug-likeness (QED) is 0.651. The molecule has 2 heterocycles. The monoisotopic (exact) mass is 276 g/mol. The Morgan fingerprint density at radius 1 is 1.53 bits per heavy atom. The van der Waals surface area contributed by atoms with Gasteiger partial charge in [-0.15, -0.1) is 0 Å². The lowest BCUT2D eigenvalue weighted by Gasteiger charge is -2.04. The second-order valence-electron chi connectivity index (χ2n) is 3.77. The molecule has 2 N–H and O–H groups in total. The van der Waals surface area contributed by atoms with Crippen LogP contribution in [-0.2, 0) is 10.5 Å². The fourth-order valence-electron chi connectivity index (χ4n) is 1.38. The Bertz CT molecular complexity index is 627. The summed E-state index contributed by atoms with van der Waals surface area (Å²) in [5, 5.41) is 2.95. The van der Waals surface area contributed by atoms with Crippen LogP contribution in [0.25, 0.3) is 0 Å². The third-order valence-corrected chi connectivity index (χ3v) is 3.07. The second kappa shape index (κ2) is 6.14. The number of nitrogens with one attached hydrogen (secondary N) is 2. The minimum absolute atomic E-state index is 0.255. The lowest BCUT2D eigenvalue weighted by atomic mass is 10.3. The molecule has 98 valence electrons. The van der Waals surface area contributed by atoms with Gasteiger partial charge in [0.25, 0.3) is 5.56 Å². The highest BCUT2D eigenvalue weighted by molar-refractivity contribution is 7.98. The molecule has 0 aliphatic carbocycles. The third-order valence-electron chi connectivity index (χ3n) is 2.12. The molecular formula is C12H12N4O2S. The van der Waals surface area contributed by atoms with E-state index in [4.69, 9.17) is 0 Å². The molecule has 0 aromatic carbocycles. The maximum Gasteiger partial charge on any atom is 0.253 e. The van der Waals surface area contributed by atoms with Gasteiger partial charge in [-0.25, -0.2) is 4.98 Å². The zero-order valence-corrected chi connectivity index (χ0v) is 11.0. The fourth-order valence-corrected chi connectivity index (χ4v) is 2.19. The van der Waals surface area contributed by atoms with Crippen molar-refractivity contribution in [2.45, 2.75) is 17.8 Å². The van der Waals surface area contributed by atoms with Crippen molar-refractivity contribution < 1.29 is 4.79 Å². The Hall–Kier alpha value is -2.15.